The standard InChI is InChI=1S/C21H15N3O3/c22-14-16(20(25)23-17-5-2-1-3-6-17)13-19-7-4-12-24(19)18-10-8-15(9-11-18)21(26)27/h1-13H,(H,23,25)(H,26,27)/b16-13-. The molecule has 3 rings (SSSR count). The number of hydrogen-bond donors (Lipinski definition) is 2. The fraction of sp³-hybridized carbons (Fsp3) is 0. The van der Waals surface area contributed by atoms with Crippen molar-refractivity contribution in [2.45, 2.75) is 0 Å². The van der Waals surface area contributed by atoms with Gasteiger partial charge in [0.1, 0.15) is 11.6 Å². The lowest BCUT2D eigenvalue weighted by molar-refractivity contribution is -0.112. The van der Waals surface area contributed by atoms with Crippen molar-refractivity contribution >= 4 is 23.6 Å². The molecule has 0 saturated carbocycles. The van der Waals surface area contributed by atoms with E-state index in [0.29, 0.717) is 11.4 Å². The second-order valence-corrected chi connectivity index (χ2v) is 5.65. The van der Waals surface area contributed by atoms with Crippen molar-refractivity contribution in [3.8, 4) is 11.8 Å². The fourth-order valence-corrected chi connectivity index (χ4v) is 2.53. The van der Waals surface area contributed by atoms with E-state index in [-0.39, 0.29) is 11.1 Å². The Balaban J connectivity index is 1.88. The van der Waals surface area contributed by atoms with Crippen LogP contribution >= 0.6 is 0 Å². The number of carboxylic acid groups (broad SMARTS) is 1. The van der Waals surface area contributed by atoms with Crippen LogP contribution in [0, 0.1) is 11.3 Å². The third-order valence-electron chi connectivity index (χ3n) is 3.86. The van der Waals surface area contributed by atoms with E-state index in [1.807, 2.05) is 12.1 Å². The molecule has 2 N–H and O–H groups in total. The summed E-state index contributed by atoms with van der Waals surface area (Å²) in [6.45, 7) is 0. The second-order valence-electron chi connectivity index (χ2n) is 5.65. The summed E-state index contributed by atoms with van der Waals surface area (Å²) in [7, 11) is 0. The summed E-state index contributed by atoms with van der Waals surface area (Å²) in [6.07, 6.45) is 3.26. The summed E-state index contributed by atoms with van der Waals surface area (Å²) in [5.74, 6) is -1.50. The minimum atomic E-state index is -1.00. The van der Waals surface area contributed by atoms with Gasteiger partial charge in [-0.3, -0.25) is 4.79 Å². The Labute approximate surface area is 155 Å². The number of anilines is 1. The molecule has 0 fully saturated rings. The lowest BCUT2D eigenvalue weighted by Crippen LogP contribution is -2.13. The van der Waals surface area contributed by atoms with Gasteiger partial charge in [-0.1, -0.05) is 18.2 Å². The first-order valence-electron chi connectivity index (χ1n) is 8.08. The molecule has 6 heteroatoms. The quantitative estimate of drug-likeness (QED) is 0.537. The average Bonchev–Trinajstić information content (AvgIpc) is 3.15. The van der Waals surface area contributed by atoms with Crippen molar-refractivity contribution in [1.29, 1.82) is 5.26 Å². The van der Waals surface area contributed by atoms with E-state index in [0.717, 1.165) is 5.69 Å². The van der Waals surface area contributed by atoms with Gasteiger partial charge in [-0.2, -0.15) is 5.26 Å². The first-order chi connectivity index (χ1) is 13.1. The number of aromatic carboxylic acids is 1. The summed E-state index contributed by atoms with van der Waals surface area (Å²) < 4.78 is 1.76. The molecule has 0 atom stereocenters. The van der Waals surface area contributed by atoms with Gasteiger partial charge in [0, 0.05) is 23.3 Å². The van der Waals surface area contributed by atoms with Gasteiger partial charge in [-0.05, 0) is 54.6 Å². The third kappa shape index (κ3) is 4.11. The number of nitrogens with one attached hydrogen (secondary N) is 1. The van der Waals surface area contributed by atoms with Crippen LogP contribution in [0.3, 0.4) is 0 Å². The van der Waals surface area contributed by atoms with Crippen molar-refractivity contribution in [3.05, 3.63) is 89.8 Å². The highest BCUT2D eigenvalue weighted by molar-refractivity contribution is 6.09. The van der Waals surface area contributed by atoms with Crippen molar-refractivity contribution in [2.75, 3.05) is 5.32 Å². The number of benzene rings is 2. The highest BCUT2D eigenvalue weighted by Gasteiger charge is 2.11. The molecule has 27 heavy (non-hydrogen) atoms. The molecular formula is C21H15N3O3. The Hall–Kier alpha value is -4.11. The monoisotopic (exact) mass is 357 g/mol. The van der Waals surface area contributed by atoms with Crippen LogP contribution in [-0.2, 0) is 4.79 Å². The fourth-order valence-electron chi connectivity index (χ4n) is 2.53. The van der Waals surface area contributed by atoms with Crippen LogP contribution < -0.4 is 5.32 Å². The molecule has 0 aliphatic rings. The summed E-state index contributed by atoms with van der Waals surface area (Å²) in [5.41, 5.74) is 2.09. The summed E-state index contributed by atoms with van der Waals surface area (Å²) in [5, 5.41) is 21.1. The molecule has 0 aliphatic heterocycles. The molecule has 0 bridgehead atoms. The molecule has 0 unspecified atom stereocenters. The van der Waals surface area contributed by atoms with Gasteiger partial charge in [-0.25, -0.2) is 4.79 Å². The van der Waals surface area contributed by atoms with Gasteiger partial charge < -0.3 is 15.0 Å². The Morgan fingerprint density at radius 2 is 1.70 bits per heavy atom. The first-order valence-corrected chi connectivity index (χ1v) is 8.08. The zero-order valence-corrected chi connectivity index (χ0v) is 14.2. The number of aromatic nitrogens is 1. The van der Waals surface area contributed by atoms with E-state index >= 15 is 0 Å². The van der Waals surface area contributed by atoms with Crippen molar-refractivity contribution in [1.82, 2.24) is 4.57 Å². The maximum Gasteiger partial charge on any atom is 0.335 e. The largest absolute Gasteiger partial charge is 0.478 e. The van der Waals surface area contributed by atoms with E-state index in [2.05, 4.69) is 5.32 Å². The number of para-hydroxylation sites is 1. The summed E-state index contributed by atoms with van der Waals surface area (Å²) in [4.78, 5) is 23.3. The molecule has 2 aromatic carbocycles. The summed E-state index contributed by atoms with van der Waals surface area (Å²) in [6, 6.07) is 20.7. The van der Waals surface area contributed by atoms with Gasteiger partial charge in [0.25, 0.3) is 5.91 Å². The molecule has 132 valence electrons. The molecule has 6 nitrogen and oxygen atoms in total. The number of nitriles is 1. The van der Waals surface area contributed by atoms with Gasteiger partial charge in [0.2, 0.25) is 0 Å². The van der Waals surface area contributed by atoms with Crippen LogP contribution in [0.2, 0.25) is 0 Å². The number of rotatable bonds is 5. The van der Waals surface area contributed by atoms with Gasteiger partial charge in [0.05, 0.1) is 5.56 Å². The maximum atomic E-state index is 12.4. The number of carbonyl (C=O) groups excluding carboxylic acids is 1. The van der Waals surface area contributed by atoms with E-state index in [4.69, 9.17) is 5.11 Å². The van der Waals surface area contributed by atoms with Crippen LogP contribution in [0.4, 0.5) is 5.69 Å². The summed E-state index contributed by atoms with van der Waals surface area (Å²) >= 11 is 0. The Morgan fingerprint density at radius 1 is 1.00 bits per heavy atom. The highest BCUT2D eigenvalue weighted by atomic mass is 16.4. The van der Waals surface area contributed by atoms with E-state index in [1.165, 1.54) is 18.2 Å². The minimum absolute atomic E-state index is 0.0408. The zero-order valence-electron chi connectivity index (χ0n) is 14.2. The van der Waals surface area contributed by atoms with Crippen molar-refractivity contribution in [3.63, 3.8) is 0 Å². The molecule has 3 aromatic rings. The topological polar surface area (TPSA) is 95.1 Å². The van der Waals surface area contributed by atoms with Crippen molar-refractivity contribution < 1.29 is 14.7 Å². The van der Waals surface area contributed by atoms with E-state index in [1.54, 1.807) is 59.3 Å². The van der Waals surface area contributed by atoms with Crippen LogP contribution in [-0.4, -0.2) is 21.6 Å². The van der Waals surface area contributed by atoms with Crippen LogP contribution in [0.15, 0.2) is 78.5 Å². The molecule has 0 radical (unpaired) electrons. The molecule has 0 saturated heterocycles. The van der Waals surface area contributed by atoms with E-state index in [9.17, 15) is 14.9 Å². The number of hydrogen-bond acceptors (Lipinski definition) is 3. The molecular weight excluding hydrogens is 342 g/mol. The normalized spacial score (nSPS) is 10.9. The minimum Gasteiger partial charge on any atom is -0.478 e. The number of carbonyl (C=O) groups is 2. The first kappa shape index (κ1) is 17.7. The molecule has 1 heterocycles. The zero-order chi connectivity index (χ0) is 19.2. The molecule has 1 aromatic heterocycles. The van der Waals surface area contributed by atoms with Gasteiger partial charge in [0.15, 0.2) is 0 Å². The maximum absolute atomic E-state index is 12.4. The number of nitrogens with zero attached hydrogens (tertiary/aromatic N) is 2. The smallest absolute Gasteiger partial charge is 0.335 e. The number of amides is 1. The Bertz CT molecular complexity index is 1040. The second kappa shape index (κ2) is 7.85. The van der Waals surface area contributed by atoms with Crippen molar-refractivity contribution in [2.24, 2.45) is 0 Å². The van der Waals surface area contributed by atoms with Crippen LogP contribution in [0.1, 0.15) is 16.1 Å². The lowest BCUT2D eigenvalue weighted by atomic mass is 10.2. The molecule has 0 aliphatic carbocycles. The molecule has 1 amide bonds. The van der Waals surface area contributed by atoms with E-state index < -0.39 is 11.9 Å². The predicted octanol–water partition coefficient (Wildman–Crippen LogP) is 3.72. The SMILES string of the molecule is N#C/C(=C/c1cccn1-c1ccc(C(=O)O)cc1)C(=O)Nc1ccccc1. The Kier molecular flexibility index (Phi) is 5.15. The third-order valence-corrected chi connectivity index (χ3v) is 3.86. The van der Waals surface area contributed by atoms with Gasteiger partial charge >= 0.3 is 5.97 Å². The average molecular weight is 357 g/mol. The lowest BCUT2D eigenvalue weighted by Gasteiger charge is -2.08. The number of carboxylic acids is 1. The molecule has 0 spiro atoms. The van der Waals surface area contributed by atoms with Crippen LogP contribution in [0.25, 0.3) is 11.8 Å². The Morgan fingerprint density at radius 3 is 2.33 bits per heavy atom. The highest BCUT2D eigenvalue weighted by Crippen LogP contribution is 2.17. The van der Waals surface area contributed by atoms with Crippen LogP contribution in [0.5, 0.6) is 0 Å². The van der Waals surface area contributed by atoms with Gasteiger partial charge in [-0.15, -0.1) is 0 Å². The predicted molar refractivity (Wildman–Crippen MR) is 101 cm³/mol.